The van der Waals surface area contributed by atoms with Crippen LogP contribution in [0.5, 0.6) is 0 Å². The average Bonchev–Trinajstić information content (AvgIpc) is 3.28. The van der Waals surface area contributed by atoms with Gasteiger partial charge in [-0.05, 0) is 12.8 Å². The molecule has 2 amide bonds. The van der Waals surface area contributed by atoms with Gasteiger partial charge in [-0.3, -0.25) is 14.5 Å². The number of carbonyl (C=O) groups excluding carboxylic acids is 2. The lowest BCUT2D eigenvalue weighted by Crippen LogP contribution is -2.55. The number of hydrogen-bond donors (Lipinski definition) is 1. The summed E-state index contributed by atoms with van der Waals surface area (Å²) in [7, 11) is 0. The Balaban J connectivity index is 1.80. The SMILES string of the molecule is N#CC1CN(C(=O)CC(=O)NCC(F)(F)F)CCN1C1CC1. The molecule has 6 nitrogen and oxygen atoms in total. The van der Waals surface area contributed by atoms with Gasteiger partial charge in [-0.15, -0.1) is 0 Å². The Bertz CT molecular complexity index is 485. The van der Waals surface area contributed by atoms with E-state index in [9.17, 15) is 22.8 Å². The van der Waals surface area contributed by atoms with Crippen molar-refractivity contribution in [2.75, 3.05) is 26.2 Å². The maximum absolute atomic E-state index is 12.0. The van der Waals surface area contributed by atoms with E-state index in [-0.39, 0.29) is 6.54 Å². The fourth-order valence-electron chi connectivity index (χ4n) is 2.49. The molecule has 0 bridgehead atoms. The second-order valence-corrected chi connectivity index (χ2v) is 5.52. The normalized spacial score (nSPS) is 23.0. The summed E-state index contributed by atoms with van der Waals surface area (Å²) in [6.45, 7) is -0.313. The Hall–Kier alpha value is -1.82. The molecule has 0 radical (unpaired) electrons. The molecule has 1 aliphatic carbocycles. The molecule has 1 aliphatic heterocycles. The van der Waals surface area contributed by atoms with Crippen LogP contribution < -0.4 is 5.32 Å². The second-order valence-electron chi connectivity index (χ2n) is 5.52. The van der Waals surface area contributed by atoms with E-state index >= 15 is 0 Å². The number of carbonyl (C=O) groups is 2. The molecule has 0 aromatic heterocycles. The van der Waals surface area contributed by atoms with E-state index in [0.717, 1.165) is 12.8 Å². The van der Waals surface area contributed by atoms with E-state index in [1.165, 1.54) is 4.90 Å². The second kappa shape index (κ2) is 6.52. The first-order chi connectivity index (χ1) is 10.3. The topological polar surface area (TPSA) is 76.4 Å². The van der Waals surface area contributed by atoms with Crippen LogP contribution in [0.2, 0.25) is 0 Å². The summed E-state index contributed by atoms with van der Waals surface area (Å²) in [5, 5.41) is 10.8. The van der Waals surface area contributed by atoms with Crippen molar-refractivity contribution in [2.45, 2.75) is 37.5 Å². The molecular formula is C13H17F3N4O2. The van der Waals surface area contributed by atoms with Crippen molar-refractivity contribution in [2.24, 2.45) is 0 Å². The Morgan fingerprint density at radius 2 is 1.95 bits per heavy atom. The first kappa shape index (κ1) is 16.5. The lowest BCUT2D eigenvalue weighted by atomic mass is 10.1. The van der Waals surface area contributed by atoms with Gasteiger partial charge in [0.15, 0.2) is 0 Å². The van der Waals surface area contributed by atoms with Gasteiger partial charge >= 0.3 is 6.18 Å². The van der Waals surface area contributed by atoms with Crippen molar-refractivity contribution in [3.63, 3.8) is 0 Å². The predicted octanol–water partition coefficient (Wildman–Crippen LogP) is 0.254. The van der Waals surface area contributed by atoms with Crippen LogP contribution in [0.3, 0.4) is 0 Å². The summed E-state index contributed by atoms with van der Waals surface area (Å²) in [6.07, 6.45) is -3.03. The zero-order valence-corrected chi connectivity index (χ0v) is 11.9. The van der Waals surface area contributed by atoms with Gasteiger partial charge in [-0.2, -0.15) is 18.4 Å². The first-order valence-corrected chi connectivity index (χ1v) is 7.07. The van der Waals surface area contributed by atoms with Crippen LogP contribution >= 0.6 is 0 Å². The van der Waals surface area contributed by atoms with Crippen LogP contribution in [0.15, 0.2) is 0 Å². The third-order valence-electron chi connectivity index (χ3n) is 3.74. The number of hydrogen-bond acceptors (Lipinski definition) is 4. The highest BCUT2D eigenvalue weighted by molar-refractivity contribution is 5.96. The minimum Gasteiger partial charge on any atom is -0.347 e. The van der Waals surface area contributed by atoms with Crippen molar-refractivity contribution in [3.05, 3.63) is 0 Å². The molecule has 1 heterocycles. The van der Waals surface area contributed by atoms with Gasteiger partial charge in [-0.25, -0.2) is 0 Å². The summed E-state index contributed by atoms with van der Waals surface area (Å²) in [4.78, 5) is 26.7. The van der Waals surface area contributed by atoms with Gasteiger partial charge in [0, 0.05) is 25.7 Å². The summed E-state index contributed by atoms with van der Waals surface area (Å²) >= 11 is 0. The van der Waals surface area contributed by atoms with Crippen molar-refractivity contribution in [3.8, 4) is 6.07 Å². The highest BCUT2D eigenvalue weighted by Gasteiger charge is 2.38. The van der Waals surface area contributed by atoms with Gasteiger partial charge in [0.25, 0.3) is 0 Å². The fourth-order valence-corrected chi connectivity index (χ4v) is 2.49. The van der Waals surface area contributed by atoms with E-state index in [4.69, 9.17) is 5.26 Å². The van der Waals surface area contributed by atoms with Crippen LogP contribution in [0.1, 0.15) is 19.3 Å². The van der Waals surface area contributed by atoms with E-state index in [1.807, 2.05) is 4.90 Å². The fraction of sp³-hybridized carbons (Fsp3) is 0.769. The average molecular weight is 318 g/mol. The lowest BCUT2D eigenvalue weighted by Gasteiger charge is -2.38. The third-order valence-corrected chi connectivity index (χ3v) is 3.74. The van der Waals surface area contributed by atoms with E-state index in [0.29, 0.717) is 19.1 Å². The minimum absolute atomic E-state index is 0.193. The maximum Gasteiger partial charge on any atom is 0.405 e. The molecule has 0 spiro atoms. The molecule has 2 aliphatic rings. The largest absolute Gasteiger partial charge is 0.405 e. The van der Waals surface area contributed by atoms with Crippen LogP contribution in [-0.2, 0) is 9.59 Å². The molecule has 0 aromatic rings. The number of amides is 2. The van der Waals surface area contributed by atoms with Crippen molar-refractivity contribution < 1.29 is 22.8 Å². The van der Waals surface area contributed by atoms with E-state index in [1.54, 1.807) is 5.32 Å². The zero-order valence-electron chi connectivity index (χ0n) is 11.9. The molecule has 1 unspecified atom stereocenters. The molecule has 1 saturated carbocycles. The molecule has 1 atom stereocenters. The molecule has 2 rings (SSSR count). The summed E-state index contributed by atoms with van der Waals surface area (Å²) < 4.78 is 35.9. The quantitative estimate of drug-likeness (QED) is 0.754. The molecule has 0 aromatic carbocycles. The summed E-state index contributed by atoms with van der Waals surface area (Å²) in [6, 6.07) is 2.13. The number of rotatable bonds is 4. The monoisotopic (exact) mass is 318 g/mol. The maximum atomic E-state index is 12.0. The van der Waals surface area contributed by atoms with Crippen molar-refractivity contribution >= 4 is 11.8 Å². The van der Waals surface area contributed by atoms with Crippen LogP contribution in [0, 0.1) is 11.3 Å². The van der Waals surface area contributed by atoms with Gasteiger partial charge < -0.3 is 10.2 Å². The first-order valence-electron chi connectivity index (χ1n) is 7.07. The smallest absolute Gasteiger partial charge is 0.347 e. The van der Waals surface area contributed by atoms with Gasteiger partial charge in [-0.1, -0.05) is 0 Å². The number of piperazine rings is 1. The molecule has 1 N–H and O–H groups in total. The number of alkyl halides is 3. The molecule has 22 heavy (non-hydrogen) atoms. The predicted molar refractivity (Wildman–Crippen MR) is 69.4 cm³/mol. The number of halogens is 3. The molecule has 9 heteroatoms. The lowest BCUT2D eigenvalue weighted by molar-refractivity contribution is -0.144. The number of nitrogens with one attached hydrogen (secondary N) is 1. The number of nitrogens with zero attached hydrogens (tertiary/aromatic N) is 3. The Morgan fingerprint density at radius 1 is 1.27 bits per heavy atom. The zero-order chi connectivity index (χ0) is 16.3. The van der Waals surface area contributed by atoms with Gasteiger partial charge in [0.1, 0.15) is 19.0 Å². The van der Waals surface area contributed by atoms with Gasteiger partial charge in [0.2, 0.25) is 11.8 Å². The molecule has 1 saturated heterocycles. The molecule has 2 fully saturated rings. The van der Waals surface area contributed by atoms with Crippen LogP contribution in [-0.4, -0.2) is 66.1 Å². The Labute approximate surface area is 125 Å². The van der Waals surface area contributed by atoms with Crippen molar-refractivity contribution in [1.29, 1.82) is 5.26 Å². The van der Waals surface area contributed by atoms with E-state index < -0.39 is 37.0 Å². The number of nitriles is 1. The Morgan fingerprint density at radius 3 is 2.50 bits per heavy atom. The van der Waals surface area contributed by atoms with Crippen molar-refractivity contribution in [1.82, 2.24) is 15.1 Å². The van der Waals surface area contributed by atoms with E-state index in [2.05, 4.69) is 6.07 Å². The van der Waals surface area contributed by atoms with Crippen LogP contribution in [0.4, 0.5) is 13.2 Å². The highest BCUT2D eigenvalue weighted by atomic mass is 19.4. The minimum atomic E-state index is -4.50. The third kappa shape index (κ3) is 4.59. The summed E-state index contributed by atoms with van der Waals surface area (Å²) in [5.74, 6) is -1.50. The molecule has 122 valence electrons. The van der Waals surface area contributed by atoms with Gasteiger partial charge in [0.05, 0.1) is 6.07 Å². The Kier molecular flexibility index (Phi) is 4.90. The van der Waals surface area contributed by atoms with Crippen LogP contribution in [0.25, 0.3) is 0 Å². The molecular weight excluding hydrogens is 301 g/mol. The standard InChI is InChI=1S/C13H17F3N4O2/c14-13(15,16)8-18-11(21)5-12(22)19-3-4-20(9-1-2-9)10(6-17)7-19/h9-10H,1-5,7-8H2,(H,18,21). The highest BCUT2D eigenvalue weighted by Crippen LogP contribution is 2.30. The summed E-state index contributed by atoms with van der Waals surface area (Å²) in [5.41, 5.74) is 0.